The second kappa shape index (κ2) is 6.13. The van der Waals surface area contributed by atoms with E-state index in [2.05, 4.69) is 4.74 Å². The van der Waals surface area contributed by atoms with Gasteiger partial charge >= 0.3 is 6.36 Å². The molecule has 0 aliphatic heterocycles. The Labute approximate surface area is 121 Å². The minimum absolute atomic E-state index is 0.277. The molecule has 2 aromatic carbocycles. The summed E-state index contributed by atoms with van der Waals surface area (Å²) in [5, 5.41) is 0. The van der Waals surface area contributed by atoms with Crippen molar-refractivity contribution in [1.29, 1.82) is 0 Å². The van der Waals surface area contributed by atoms with E-state index in [0.29, 0.717) is 17.2 Å². The third-order valence-electron chi connectivity index (χ3n) is 2.69. The molecule has 0 saturated heterocycles. The fourth-order valence-corrected chi connectivity index (χ4v) is 1.79. The van der Waals surface area contributed by atoms with Crippen LogP contribution in [-0.2, 0) is 0 Å². The van der Waals surface area contributed by atoms with E-state index in [1.165, 1.54) is 18.2 Å². The SMILES string of the molecule is F/C([18F])=C\c1ccc(-c2ccc(OC(F)(F)F)cc2)cc1F. The molecule has 0 aliphatic rings. The standard InChI is InChI=1S/C15H8F6O/c16-13-7-10(1-2-11(13)8-14(17)18)9-3-5-12(6-4-9)22-15(19,20)21/h1-8H/i17-1/b14-8-. The van der Waals surface area contributed by atoms with Gasteiger partial charge in [0.05, 0.1) is 0 Å². The van der Waals surface area contributed by atoms with Crippen molar-refractivity contribution in [3.05, 3.63) is 59.9 Å². The maximum atomic E-state index is 13.6. The van der Waals surface area contributed by atoms with Gasteiger partial charge in [0.1, 0.15) is 11.6 Å². The highest BCUT2D eigenvalue weighted by Crippen LogP contribution is 2.28. The third kappa shape index (κ3) is 4.28. The molecule has 0 N–H and O–H groups in total. The lowest BCUT2D eigenvalue weighted by molar-refractivity contribution is -0.274. The minimum atomic E-state index is -4.79. The van der Waals surface area contributed by atoms with Crippen LogP contribution in [0.2, 0.25) is 0 Å². The molecule has 7 heteroatoms. The van der Waals surface area contributed by atoms with E-state index in [4.69, 9.17) is 0 Å². The molecule has 1 nitrogen and oxygen atoms in total. The van der Waals surface area contributed by atoms with Crippen LogP contribution >= 0.6 is 0 Å². The number of benzene rings is 2. The van der Waals surface area contributed by atoms with Crippen molar-refractivity contribution in [1.82, 2.24) is 0 Å². The molecule has 0 bridgehead atoms. The van der Waals surface area contributed by atoms with E-state index in [1.54, 1.807) is 0 Å². The Balaban J connectivity index is 2.25. The Morgan fingerprint density at radius 2 is 1.50 bits per heavy atom. The van der Waals surface area contributed by atoms with Crippen LogP contribution in [0.25, 0.3) is 17.2 Å². The number of rotatable bonds is 3. The number of alkyl halides is 3. The van der Waals surface area contributed by atoms with Gasteiger partial charge in [-0.15, -0.1) is 13.2 Å². The van der Waals surface area contributed by atoms with Crippen molar-refractivity contribution in [2.75, 3.05) is 0 Å². The van der Waals surface area contributed by atoms with Gasteiger partial charge in [-0.2, -0.15) is 8.78 Å². The quantitative estimate of drug-likeness (QED) is 0.667. The molecule has 0 saturated carbocycles. The van der Waals surface area contributed by atoms with Crippen molar-refractivity contribution in [3.8, 4) is 16.9 Å². The van der Waals surface area contributed by atoms with E-state index >= 15 is 0 Å². The molecule has 2 rings (SSSR count). The molecule has 0 aromatic heterocycles. The average molecular weight is 317 g/mol. The molecule has 0 fully saturated rings. The van der Waals surface area contributed by atoms with Gasteiger partial charge in [-0.05, 0) is 29.3 Å². The highest BCUT2D eigenvalue weighted by Gasteiger charge is 2.30. The molecule has 0 unspecified atom stereocenters. The van der Waals surface area contributed by atoms with Gasteiger partial charge in [-0.3, -0.25) is 0 Å². The summed E-state index contributed by atoms with van der Waals surface area (Å²) >= 11 is 0. The monoisotopic (exact) mass is 317 g/mol. The van der Waals surface area contributed by atoms with E-state index < -0.39 is 24.0 Å². The first kappa shape index (κ1) is 15.9. The van der Waals surface area contributed by atoms with Crippen LogP contribution in [0.5, 0.6) is 5.75 Å². The maximum Gasteiger partial charge on any atom is 0.573 e. The normalized spacial score (nSPS) is 12.4. The predicted octanol–water partition coefficient (Wildman–Crippen LogP) is 5.63. The number of halogens is 6. The Morgan fingerprint density at radius 1 is 0.909 bits per heavy atom. The summed E-state index contributed by atoms with van der Waals surface area (Å²) in [5.41, 5.74) is 0.484. The van der Waals surface area contributed by atoms with E-state index in [0.717, 1.165) is 24.3 Å². The second-order valence-corrected chi connectivity index (χ2v) is 4.24. The Bertz CT molecular complexity index is 684. The summed E-state index contributed by atoms with van der Waals surface area (Å²) in [4.78, 5) is 0. The van der Waals surface area contributed by atoms with Crippen molar-refractivity contribution < 1.29 is 31.1 Å². The zero-order valence-corrected chi connectivity index (χ0v) is 10.8. The summed E-state index contributed by atoms with van der Waals surface area (Å²) in [6, 6.07) is 8.34. The van der Waals surface area contributed by atoms with Gasteiger partial charge in [0, 0.05) is 11.6 Å². The molecular weight excluding hydrogens is 309 g/mol. The van der Waals surface area contributed by atoms with Crippen LogP contribution in [0.1, 0.15) is 5.56 Å². The van der Waals surface area contributed by atoms with Crippen LogP contribution in [0.15, 0.2) is 48.5 Å². The molecule has 0 heterocycles. The highest BCUT2D eigenvalue weighted by molar-refractivity contribution is 5.66. The fourth-order valence-electron chi connectivity index (χ4n) is 1.79. The second-order valence-electron chi connectivity index (χ2n) is 4.24. The topological polar surface area (TPSA) is 9.23 Å². The van der Waals surface area contributed by atoms with Crippen LogP contribution in [0, 0.1) is 5.82 Å². The smallest absolute Gasteiger partial charge is 0.406 e. The van der Waals surface area contributed by atoms with Crippen molar-refractivity contribution >= 4 is 6.08 Å². The maximum absolute atomic E-state index is 13.6. The van der Waals surface area contributed by atoms with E-state index in [-0.39, 0.29) is 5.56 Å². The first-order valence-corrected chi connectivity index (χ1v) is 5.93. The summed E-state index contributed by atoms with van der Waals surface area (Å²) < 4.78 is 77.6. The lowest BCUT2D eigenvalue weighted by Gasteiger charge is -2.09. The first-order chi connectivity index (χ1) is 10.2. The summed E-state index contributed by atoms with van der Waals surface area (Å²) in [5.74, 6) is -1.27. The van der Waals surface area contributed by atoms with Gasteiger partial charge in [0.25, 0.3) is 6.08 Å². The highest BCUT2D eigenvalue weighted by atomic mass is 19.4. The molecule has 0 spiro atoms. The summed E-state index contributed by atoms with van der Waals surface area (Å²) in [7, 11) is 0. The first-order valence-electron chi connectivity index (χ1n) is 5.93. The summed E-state index contributed by atoms with van der Waals surface area (Å²) in [6.45, 7) is 0. The summed E-state index contributed by atoms with van der Waals surface area (Å²) in [6.07, 6.45) is -6.43. The average Bonchev–Trinajstić information content (AvgIpc) is 2.40. The van der Waals surface area contributed by atoms with Crippen molar-refractivity contribution in [3.63, 3.8) is 0 Å². The van der Waals surface area contributed by atoms with Gasteiger partial charge in [0.2, 0.25) is 0 Å². The minimum Gasteiger partial charge on any atom is -0.406 e. The lowest BCUT2D eigenvalue weighted by Crippen LogP contribution is -2.16. The Kier molecular flexibility index (Phi) is 4.44. The lowest BCUT2D eigenvalue weighted by atomic mass is 10.0. The van der Waals surface area contributed by atoms with Gasteiger partial charge in [-0.25, -0.2) is 4.39 Å². The molecule has 0 aliphatic carbocycles. The van der Waals surface area contributed by atoms with Crippen molar-refractivity contribution in [2.45, 2.75) is 6.36 Å². The zero-order valence-electron chi connectivity index (χ0n) is 10.8. The molecular formula is C15H8F6O. The molecule has 0 radical (unpaired) electrons. The Hall–Kier alpha value is -2.44. The number of hydrogen-bond donors (Lipinski definition) is 0. The zero-order chi connectivity index (χ0) is 16.3. The molecule has 0 amide bonds. The molecule has 22 heavy (non-hydrogen) atoms. The number of hydrogen-bond acceptors (Lipinski definition) is 1. The van der Waals surface area contributed by atoms with Gasteiger partial charge < -0.3 is 4.74 Å². The largest absolute Gasteiger partial charge is 0.573 e. The van der Waals surface area contributed by atoms with Crippen LogP contribution in [0.4, 0.5) is 26.3 Å². The van der Waals surface area contributed by atoms with Crippen LogP contribution < -0.4 is 4.74 Å². The third-order valence-corrected chi connectivity index (χ3v) is 2.69. The van der Waals surface area contributed by atoms with Gasteiger partial charge in [-0.1, -0.05) is 24.3 Å². The fraction of sp³-hybridized carbons (Fsp3) is 0.0667. The molecule has 2 aromatic rings. The molecule has 116 valence electrons. The predicted molar refractivity (Wildman–Crippen MR) is 68.7 cm³/mol. The van der Waals surface area contributed by atoms with E-state index in [1.807, 2.05) is 0 Å². The van der Waals surface area contributed by atoms with Crippen molar-refractivity contribution in [2.24, 2.45) is 0 Å². The van der Waals surface area contributed by atoms with Crippen LogP contribution in [-0.4, -0.2) is 6.36 Å². The van der Waals surface area contributed by atoms with Gasteiger partial charge in [0.15, 0.2) is 0 Å². The molecule has 0 atom stereocenters. The Morgan fingerprint density at radius 3 is 2.00 bits per heavy atom. The number of ether oxygens (including phenoxy) is 1. The van der Waals surface area contributed by atoms with Crippen LogP contribution in [0.3, 0.4) is 0 Å². The van der Waals surface area contributed by atoms with E-state index in [9.17, 15) is 26.3 Å².